The van der Waals surface area contributed by atoms with E-state index in [1.54, 1.807) is 24.0 Å². The molecule has 2 rings (SSSR count). The largest absolute Gasteiger partial charge is 0.388 e. The lowest BCUT2D eigenvalue weighted by Crippen LogP contribution is -2.33. The number of β-amino-alcohol motifs (C(OH)–C–C–N with tert-alkyl or cyclic N) is 1. The monoisotopic (exact) mass is 234 g/mol. The van der Waals surface area contributed by atoms with Gasteiger partial charge in [-0.3, -0.25) is 4.79 Å². The Labute approximate surface area is 101 Å². The third-order valence-electron chi connectivity index (χ3n) is 3.18. The van der Waals surface area contributed by atoms with Crippen LogP contribution in [0.1, 0.15) is 29.3 Å². The smallest absolute Gasteiger partial charge is 0.253 e. The number of likely N-dealkylation sites (tertiary alicyclic amines) is 1. The first-order valence-corrected chi connectivity index (χ1v) is 5.82. The quantitative estimate of drug-likeness (QED) is 0.793. The molecule has 1 atom stereocenters. The highest BCUT2D eigenvalue weighted by Crippen LogP contribution is 2.22. The van der Waals surface area contributed by atoms with Crippen LogP contribution < -0.4 is 5.73 Å². The van der Waals surface area contributed by atoms with Gasteiger partial charge in [0.2, 0.25) is 0 Å². The van der Waals surface area contributed by atoms with Gasteiger partial charge in [0.15, 0.2) is 0 Å². The van der Waals surface area contributed by atoms with Crippen molar-refractivity contribution in [3.63, 3.8) is 0 Å². The van der Waals surface area contributed by atoms with Crippen molar-refractivity contribution in [3.05, 3.63) is 35.4 Å². The van der Waals surface area contributed by atoms with Gasteiger partial charge in [0.1, 0.15) is 0 Å². The summed E-state index contributed by atoms with van der Waals surface area (Å²) >= 11 is 0. The first-order chi connectivity index (χ1) is 8.02. The predicted octanol–water partition coefficient (Wildman–Crippen LogP) is 0.742. The summed E-state index contributed by atoms with van der Waals surface area (Å²) in [7, 11) is 0. The molecular weight excluding hydrogens is 216 g/mol. The van der Waals surface area contributed by atoms with Crippen molar-refractivity contribution in [1.29, 1.82) is 0 Å². The van der Waals surface area contributed by atoms with Gasteiger partial charge in [0.05, 0.1) is 5.60 Å². The third kappa shape index (κ3) is 2.65. The molecule has 1 saturated heterocycles. The summed E-state index contributed by atoms with van der Waals surface area (Å²) in [6.07, 6.45) is 0.639. The molecule has 1 heterocycles. The van der Waals surface area contributed by atoms with E-state index in [4.69, 9.17) is 5.73 Å². The molecule has 0 radical (unpaired) electrons. The number of carbonyl (C=O) groups is 1. The minimum absolute atomic E-state index is 0.0219. The summed E-state index contributed by atoms with van der Waals surface area (Å²) in [5.41, 5.74) is 6.42. The van der Waals surface area contributed by atoms with E-state index in [0.717, 1.165) is 5.56 Å². The van der Waals surface area contributed by atoms with E-state index < -0.39 is 5.60 Å². The molecule has 1 aromatic carbocycles. The summed E-state index contributed by atoms with van der Waals surface area (Å²) in [5, 5.41) is 9.83. The third-order valence-corrected chi connectivity index (χ3v) is 3.18. The van der Waals surface area contributed by atoms with E-state index >= 15 is 0 Å². The van der Waals surface area contributed by atoms with Crippen molar-refractivity contribution >= 4 is 5.91 Å². The van der Waals surface area contributed by atoms with Gasteiger partial charge in [0.25, 0.3) is 5.91 Å². The molecule has 1 amide bonds. The second-order valence-corrected chi connectivity index (χ2v) is 4.87. The number of carbonyl (C=O) groups excluding carboxylic acids is 1. The molecule has 0 saturated carbocycles. The Bertz CT molecular complexity index is 412. The number of aliphatic hydroxyl groups is 1. The second kappa shape index (κ2) is 4.47. The van der Waals surface area contributed by atoms with Crippen LogP contribution in [0.5, 0.6) is 0 Å². The molecule has 0 aliphatic carbocycles. The van der Waals surface area contributed by atoms with Gasteiger partial charge in [-0.2, -0.15) is 0 Å². The molecular formula is C13H18N2O2. The molecule has 92 valence electrons. The normalized spacial score (nSPS) is 24.1. The van der Waals surface area contributed by atoms with Crippen molar-refractivity contribution in [1.82, 2.24) is 4.90 Å². The summed E-state index contributed by atoms with van der Waals surface area (Å²) in [6.45, 7) is 3.26. The number of amides is 1. The minimum Gasteiger partial charge on any atom is -0.388 e. The Morgan fingerprint density at radius 1 is 1.47 bits per heavy atom. The van der Waals surface area contributed by atoms with Crippen molar-refractivity contribution in [2.24, 2.45) is 5.73 Å². The SMILES string of the molecule is CC1(O)CCN(C(=O)c2ccc(CN)cc2)C1. The lowest BCUT2D eigenvalue weighted by molar-refractivity contribution is 0.0572. The van der Waals surface area contributed by atoms with Gasteiger partial charge in [-0.15, -0.1) is 0 Å². The Morgan fingerprint density at radius 3 is 2.59 bits per heavy atom. The molecule has 3 N–H and O–H groups in total. The van der Waals surface area contributed by atoms with Crippen LogP contribution in [0.2, 0.25) is 0 Å². The van der Waals surface area contributed by atoms with Crippen LogP contribution in [0, 0.1) is 0 Å². The molecule has 17 heavy (non-hydrogen) atoms. The number of hydrogen-bond donors (Lipinski definition) is 2. The van der Waals surface area contributed by atoms with E-state index in [0.29, 0.717) is 31.6 Å². The summed E-state index contributed by atoms with van der Waals surface area (Å²) in [6, 6.07) is 7.30. The van der Waals surface area contributed by atoms with E-state index in [2.05, 4.69) is 0 Å². The van der Waals surface area contributed by atoms with Gasteiger partial charge in [-0.25, -0.2) is 0 Å². The first kappa shape index (κ1) is 12.1. The highest BCUT2D eigenvalue weighted by molar-refractivity contribution is 5.94. The highest BCUT2D eigenvalue weighted by atomic mass is 16.3. The Kier molecular flexibility index (Phi) is 3.17. The summed E-state index contributed by atoms with van der Waals surface area (Å²) < 4.78 is 0. The average molecular weight is 234 g/mol. The summed E-state index contributed by atoms with van der Waals surface area (Å²) in [5.74, 6) is -0.0219. The van der Waals surface area contributed by atoms with E-state index in [-0.39, 0.29) is 5.91 Å². The molecule has 1 aromatic rings. The first-order valence-electron chi connectivity index (χ1n) is 5.82. The van der Waals surface area contributed by atoms with Gasteiger partial charge < -0.3 is 15.7 Å². The maximum atomic E-state index is 12.1. The number of benzene rings is 1. The van der Waals surface area contributed by atoms with Gasteiger partial charge in [0, 0.05) is 25.2 Å². The van der Waals surface area contributed by atoms with Crippen molar-refractivity contribution < 1.29 is 9.90 Å². The van der Waals surface area contributed by atoms with Gasteiger partial charge in [-0.05, 0) is 31.0 Å². The van der Waals surface area contributed by atoms with Crippen LogP contribution in [0.25, 0.3) is 0 Å². The standard InChI is InChI=1S/C13H18N2O2/c1-13(17)6-7-15(9-13)12(16)11-4-2-10(8-14)3-5-11/h2-5,17H,6-9,14H2,1H3. The van der Waals surface area contributed by atoms with E-state index in [1.807, 2.05) is 12.1 Å². The lowest BCUT2D eigenvalue weighted by Gasteiger charge is -2.19. The Hall–Kier alpha value is -1.39. The van der Waals surface area contributed by atoms with Gasteiger partial charge in [-0.1, -0.05) is 12.1 Å². The predicted molar refractivity (Wildman–Crippen MR) is 65.5 cm³/mol. The molecule has 0 aromatic heterocycles. The zero-order valence-corrected chi connectivity index (χ0v) is 10.0. The number of hydrogen-bond acceptors (Lipinski definition) is 3. The Morgan fingerprint density at radius 2 is 2.12 bits per heavy atom. The maximum Gasteiger partial charge on any atom is 0.253 e. The fourth-order valence-electron chi connectivity index (χ4n) is 2.08. The topological polar surface area (TPSA) is 66.6 Å². The minimum atomic E-state index is -0.743. The highest BCUT2D eigenvalue weighted by Gasteiger charge is 2.34. The van der Waals surface area contributed by atoms with Crippen LogP contribution in [0.3, 0.4) is 0 Å². The van der Waals surface area contributed by atoms with Crippen LogP contribution in [-0.2, 0) is 6.54 Å². The molecule has 1 unspecified atom stereocenters. The molecule has 4 heteroatoms. The van der Waals surface area contributed by atoms with Crippen LogP contribution in [0.4, 0.5) is 0 Å². The summed E-state index contributed by atoms with van der Waals surface area (Å²) in [4.78, 5) is 13.8. The maximum absolute atomic E-state index is 12.1. The molecule has 1 aliphatic rings. The zero-order valence-electron chi connectivity index (χ0n) is 10.0. The lowest BCUT2D eigenvalue weighted by atomic mass is 10.1. The van der Waals surface area contributed by atoms with Crippen molar-refractivity contribution in [2.75, 3.05) is 13.1 Å². The van der Waals surface area contributed by atoms with Crippen LogP contribution in [-0.4, -0.2) is 34.6 Å². The fraction of sp³-hybridized carbons (Fsp3) is 0.462. The zero-order chi connectivity index (χ0) is 12.5. The van der Waals surface area contributed by atoms with E-state index in [1.165, 1.54) is 0 Å². The van der Waals surface area contributed by atoms with Crippen LogP contribution in [0.15, 0.2) is 24.3 Å². The number of nitrogens with zero attached hydrogens (tertiary/aromatic N) is 1. The van der Waals surface area contributed by atoms with Crippen molar-refractivity contribution in [2.45, 2.75) is 25.5 Å². The molecule has 4 nitrogen and oxygen atoms in total. The molecule has 1 aliphatic heterocycles. The van der Waals surface area contributed by atoms with E-state index in [9.17, 15) is 9.90 Å². The van der Waals surface area contributed by atoms with Gasteiger partial charge >= 0.3 is 0 Å². The fourth-order valence-corrected chi connectivity index (χ4v) is 2.08. The average Bonchev–Trinajstić information content (AvgIpc) is 2.69. The molecule has 1 fully saturated rings. The molecule has 0 spiro atoms. The molecule has 0 bridgehead atoms. The van der Waals surface area contributed by atoms with Crippen LogP contribution >= 0.6 is 0 Å². The number of rotatable bonds is 2. The second-order valence-electron chi connectivity index (χ2n) is 4.87. The number of nitrogens with two attached hydrogens (primary N) is 1. The Balaban J connectivity index is 2.09. The van der Waals surface area contributed by atoms with Crippen molar-refractivity contribution in [3.8, 4) is 0 Å².